The van der Waals surface area contributed by atoms with Gasteiger partial charge in [0.05, 0.1) is 13.2 Å². The van der Waals surface area contributed by atoms with Crippen LogP contribution in [0, 0.1) is 0 Å². The third kappa shape index (κ3) is 4.41. The van der Waals surface area contributed by atoms with Gasteiger partial charge < -0.3 is 15.2 Å². The summed E-state index contributed by atoms with van der Waals surface area (Å²) in [5.41, 5.74) is 1.80. The van der Waals surface area contributed by atoms with Crippen LogP contribution in [0.4, 0.5) is 0 Å². The summed E-state index contributed by atoms with van der Waals surface area (Å²) in [5.74, 6) is 0.539. The number of para-hydroxylation sites is 1. The van der Waals surface area contributed by atoms with Gasteiger partial charge in [-0.3, -0.25) is 4.79 Å². The van der Waals surface area contributed by atoms with Crippen LogP contribution >= 0.6 is 0 Å². The van der Waals surface area contributed by atoms with Gasteiger partial charge in [-0.15, -0.1) is 0 Å². The highest BCUT2D eigenvalue weighted by Gasteiger charge is 2.13. The van der Waals surface area contributed by atoms with E-state index in [0.29, 0.717) is 24.2 Å². The van der Waals surface area contributed by atoms with Crippen molar-refractivity contribution in [3.8, 4) is 5.75 Å². The molecule has 4 nitrogen and oxygen atoms in total. The van der Waals surface area contributed by atoms with Gasteiger partial charge in [0.25, 0.3) is 0 Å². The van der Waals surface area contributed by atoms with Crippen molar-refractivity contribution in [1.82, 2.24) is 5.32 Å². The Hall–Kier alpha value is -2.85. The van der Waals surface area contributed by atoms with E-state index in [-0.39, 0.29) is 12.5 Å². The fraction of sp³-hybridized carbons (Fsp3) is 0.227. The lowest BCUT2D eigenvalue weighted by Gasteiger charge is -2.15. The Labute approximate surface area is 153 Å². The highest BCUT2D eigenvalue weighted by Crippen LogP contribution is 2.24. The van der Waals surface area contributed by atoms with Crippen LogP contribution < -0.4 is 10.1 Å². The number of fused-ring (bicyclic) bond motifs is 1. The average Bonchev–Trinajstić information content (AvgIpc) is 2.70. The van der Waals surface area contributed by atoms with Crippen LogP contribution in [0.5, 0.6) is 5.75 Å². The third-order valence-corrected chi connectivity index (χ3v) is 4.45. The van der Waals surface area contributed by atoms with E-state index >= 15 is 0 Å². The normalized spacial score (nSPS) is 11.9. The van der Waals surface area contributed by atoms with Crippen molar-refractivity contribution in [2.75, 3.05) is 13.7 Å². The molecule has 0 bridgehead atoms. The number of carbonyl (C=O) groups excluding carboxylic acids is 1. The molecule has 0 saturated carbocycles. The van der Waals surface area contributed by atoms with Crippen LogP contribution in [-0.4, -0.2) is 24.7 Å². The molecule has 0 aliphatic rings. The first-order valence-corrected chi connectivity index (χ1v) is 8.73. The molecule has 0 radical (unpaired) electrons. The zero-order chi connectivity index (χ0) is 18.4. The Kier molecular flexibility index (Phi) is 5.87. The maximum absolute atomic E-state index is 12.1. The van der Waals surface area contributed by atoms with Crippen molar-refractivity contribution in [2.24, 2.45) is 0 Å². The summed E-state index contributed by atoms with van der Waals surface area (Å²) >= 11 is 0. The summed E-state index contributed by atoms with van der Waals surface area (Å²) in [5, 5.41) is 15.5. The Balaban J connectivity index is 1.52. The van der Waals surface area contributed by atoms with Gasteiger partial charge in [0.15, 0.2) is 0 Å². The fourth-order valence-electron chi connectivity index (χ4n) is 3.00. The molecule has 0 spiro atoms. The highest BCUT2D eigenvalue weighted by atomic mass is 16.5. The zero-order valence-electron chi connectivity index (χ0n) is 14.8. The van der Waals surface area contributed by atoms with Crippen molar-refractivity contribution >= 4 is 16.7 Å². The number of aryl methyl sites for hydroxylation is 1. The summed E-state index contributed by atoms with van der Waals surface area (Å²) in [6.07, 6.45) is 0.258. The molecule has 3 aromatic rings. The third-order valence-electron chi connectivity index (χ3n) is 4.45. The van der Waals surface area contributed by atoms with E-state index in [9.17, 15) is 9.90 Å². The van der Waals surface area contributed by atoms with Crippen LogP contribution in [0.15, 0.2) is 66.7 Å². The van der Waals surface area contributed by atoms with Gasteiger partial charge in [0, 0.05) is 18.5 Å². The lowest BCUT2D eigenvalue weighted by atomic mass is 10.0. The van der Waals surface area contributed by atoms with E-state index in [2.05, 4.69) is 35.6 Å². The number of hydrogen-bond donors (Lipinski definition) is 2. The van der Waals surface area contributed by atoms with Gasteiger partial charge >= 0.3 is 0 Å². The van der Waals surface area contributed by atoms with Gasteiger partial charge in [-0.2, -0.15) is 0 Å². The number of amides is 1. The van der Waals surface area contributed by atoms with E-state index in [1.54, 1.807) is 19.2 Å². The van der Waals surface area contributed by atoms with Crippen LogP contribution in [0.1, 0.15) is 23.7 Å². The first kappa shape index (κ1) is 18.0. The highest BCUT2D eigenvalue weighted by molar-refractivity contribution is 5.83. The summed E-state index contributed by atoms with van der Waals surface area (Å²) in [7, 11) is 1.56. The predicted octanol–water partition coefficient (Wildman–Crippen LogP) is 3.63. The Bertz CT molecular complexity index is 891. The monoisotopic (exact) mass is 349 g/mol. The van der Waals surface area contributed by atoms with Crippen molar-refractivity contribution in [3.63, 3.8) is 0 Å². The second-order valence-electron chi connectivity index (χ2n) is 6.24. The van der Waals surface area contributed by atoms with Crippen LogP contribution in [0.2, 0.25) is 0 Å². The average molecular weight is 349 g/mol. The number of benzene rings is 3. The van der Waals surface area contributed by atoms with Crippen molar-refractivity contribution in [3.05, 3.63) is 77.9 Å². The maximum atomic E-state index is 12.1. The molecule has 3 aromatic carbocycles. The van der Waals surface area contributed by atoms with Gasteiger partial charge in [-0.05, 0) is 28.8 Å². The van der Waals surface area contributed by atoms with Crippen molar-refractivity contribution in [2.45, 2.75) is 18.9 Å². The number of hydrogen-bond acceptors (Lipinski definition) is 3. The van der Waals surface area contributed by atoms with Crippen molar-refractivity contribution < 1.29 is 14.6 Å². The van der Waals surface area contributed by atoms with E-state index in [0.717, 1.165) is 5.56 Å². The predicted molar refractivity (Wildman–Crippen MR) is 103 cm³/mol. The molecule has 0 aromatic heterocycles. The first-order valence-electron chi connectivity index (χ1n) is 8.73. The molecule has 0 heterocycles. The minimum Gasteiger partial charge on any atom is -0.496 e. The molecule has 2 N–H and O–H groups in total. The van der Waals surface area contributed by atoms with Crippen LogP contribution in [-0.2, 0) is 11.2 Å². The zero-order valence-corrected chi connectivity index (χ0v) is 14.8. The second kappa shape index (κ2) is 8.50. The molecule has 0 unspecified atom stereocenters. The summed E-state index contributed by atoms with van der Waals surface area (Å²) < 4.78 is 5.24. The summed E-state index contributed by atoms with van der Waals surface area (Å²) in [4.78, 5) is 12.1. The second-order valence-corrected chi connectivity index (χ2v) is 6.24. The number of nitrogens with one attached hydrogen (secondary N) is 1. The molecule has 4 heteroatoms. The van der Waals surface area contributed by atoms with Gasteiger partial charge in [-0.25, -0.2) is 0 Å². The minimum atomic E-state index is -0.796. The topological polar surface area (TPSA) is 58.6 Å². The quantitative estimate of drug-likeness (QED) is 0.685. The smallest absolute Gasteiger partial charge is 0.220 e. The Morgan fingerprint density at radius 3 is 2.58 bits per heavy atom. The molecule has 0 aliphatic heterocycles. The molecular weight excluding hydrogens is 326 g/mol. The van der Waals surface area contributed by atoms with Crippen molar-refractivity contribution in [1.29, 1.82) is 0 Å². The van der Waals surface area contributed by atoms with Gasteiger partial charge in [0.1, 0.15) is 5.75 Å². The van der Waals surface area contributed by atoms with E-state index in [4.69, 9.17) is 4.74 Å². The lowest BCUT2D eigenvalue weighted by molar-refractivity contribution is -0.121. The summed E-state index contributed by atoms with van der Waals surface area (Å²) in [6, 6.07) is 21.7. The number of ether oxygens (including phenoxy) is 1. The Morgan fingerprint density at radius 2 is 1.77 bits per heavy atom. The molecule has 0 fully saturated rings. The molecule has 0 aliphatic carbocycles. The molecule has 26 heavy (non-hydrogen) atoms. The molecule has 1 atom stereocenters. The number of rotatable bonds is 7. The molecule has 1 amide bonds. The number of aliphatic hydroxyl groups excluding tert-OH is 1. The Morgan fingerprint density at radius 1 is 1.04 bits per heavy atom. The number of aliphatic hydroxyl groups is 1. The van der Waals surface area contributed by atoms with Crippen LogP contribution in [0.25, 0.3) is 10.8 Å². The minimum absolute atomic E-state index is 0.0768. The molecule has 0 saturated heterocycles. The van der Waals surface area contributed by atoms with Crippen LogP contribution in [0.3, 0.4) is 0 Å². The lowest BCUT2D eigenvalue weighted by Crippen LogP contribution is -2.28. The fourth-order valence-corrected chi connectivity index (χ4v) is 3.00. The first-order chi connectivity index (χ1) is 12.7. The number of carbonyl (C=O) groups is 1. The molecule has 134 valence electrons. The SMILES string of the molecule is COc1ccccc1[C@H](O)CNC(=O)CCc1ccc2ccccc2c1. The largest absolute Gasteiger partial charge is 0.496 e. The van der Waals surface area contributed by atoms with E-state index in [1.807, 2.05) is 24.3 Å². The summed E-state index contributed by atoms with van der Waals surface area (Å²) in [6.45, 7) is 0.164. The standard InChI is InChI=1S/C22H23NO3/c1-26-21-9-5-4-8-19(21)20(24)15-23-22(25)13-11-16-10-12-17-6-2-3-7-18(17)14-16/h2-10,12,14,20,24H,11,13,15H2,1H3,(H,23,25)/t20-/m1/s1. The maximum Gasteiger partial charge on any atom is 0.220 e. The van der Waals surface area contributed by atoms with Gasteiger partial charge in [-0.1, -0.05) is 60.7 Å². The molecule has 3 rings (SSSR count). The molecular formula is C22H23NO3. The van der Waals surface area contributed by atoms with E-state index < -0.39 is 6.10 Å². The van der Waals surface area contributed by atoms with Gasteiger partial charge in [0.2, 0.25) is 5.91 Å². The number of methoxy groups -OCH3 is 1. The van der Waals surface area contributed by atoms with E-state index in [1.165, 1.54) is 10.8 Å².